The molecule has 2 aliphatic rings. The molecule has 0 saturated carbocycles. The van der Waals surface area contributed by atoms with Gasteiger partial charge >= 0.3 is 0 Å². The highest BCUT2D eigenvalue weighted by molar-refractivity contribution is 5.27. The van der Waals surface area contributed by atoms with E-state index < -0.39 is 12.2 Å². The first-order valence-electron chi connectivity index (χ1n) is 14.1. The molecule has 6 heteroatoms. The van der Waals surface area contributed by atoms with Crippen molar-refractivity contribution >= 4 is 0 Å². The van der Waals surface area contributed by atoms with Crippen molar-refractivity contribution in [1.82, 2.24) is 5.48 Å². The Morgan fingerprint density at radius 1 is 0.537 bits per heavy atom. The number of benzene rings is 4. The van der Waals surface area contributed by atoms with Gasteiger partial charge in [0.05, 0.1) is 44.1 Å². The zero-order valence-electron chi connectivity index (χ0n) is 22.9. The lowest BCUT2D eigenvalue weighted by Crippen LogP contribution is -2.52. The topological polar surface area (TPSA) is 58.2 Å². The Labute approximate surface area is 241 Å². The third-order valence-corrected chi connectivity index (χ3v) is 7.44. The lowest BCUT2D eigenvalue weighted by atomic mass is 9.84. The summed E-state index contributed by atoms with van der Waals surface area (Å²) in [6, 6.07) is 40.7. The molecule has 4 atom stereocenters. The smallest absolute Gasteiger partial charge is 0.150 e. The minimum absolute atomic E-state index is 0.0955. The summed E-state index contributed by atoms with van der Waals surface area (Å²) in [7, 11) is 0. The molecule has 6 nitrogen and oxygen atoms in total. The first-order valence-corrected chi connectivity index (χ1v) is 14.1. The summed E-state index contributed by atoms with van der Waals surface area (Å²) < 4.78 is 26.6. The molecule has 4 aromatic rings. The summed E-state index contributed by atoms with van der Waals surface area (Å²) in [6.07, 6.45) is -1.29. The number of nitrogens with one attached hydrogen (secondary N) is 1. The van der Waals surface area contributed by atoms with Crippen molar-refractivity contribution in [1.29, 1.82) is 0 Å². The SMILES string of the molecule is c1ccc(COC2=C3NOC[C@H]3[C@H](OCc3ccccc3)[C@@H](OCc3ccccc3)[C@@H]2OCc2ccccc2)cc1. The lowest BCUT2D eigenvalue weighted by molar-refractivity contribution is -0.172. The van der Waals surface area contributed by atoms with E-state index in [0.29, 0.717) is 38.8 Å². The van der Waals surface area contributed by atoms with Gasteiger partial charge in [-0.3, -0.25) is 10.3 Å². The highest BCUT2D eigenvalue weighted by Gasteiger charge is 2.50. The van der Waals surface area contributed by atoms with Crippen LogP contribution in [0.1, 0.15) is 22.3 Å². The molecule has 4 aromatic carbocycles. The second-order valence-electron chi connectivity index (χ2n) is 10.3. The Bertz CT molecular complexity index is 1380. The molecule has 1 saturated heterocycles. The van der Waals surface area contributed by atoms with Gasteiger partial charge in [0, 0.05) is 0 Å². The summed E-state index contributed by atoms with van der Waals surface area (Å²) in [6.45, 7) is 2.12. The molecular weight excluding hydrogens is 514 g/mol. The maximum absolute atomic E-state index is 6.71. The van der Waals surface area contributed by atoms with Crippen LogP contribution in [-0.4, -0.2) is 24.9 Å². The summed E-state index contributed by atoms with van der Waals surface area (Å²) >= 11 is 0. The summed E-state index contributed by atoms with van der Waals surface area (Å²) in [5, 5.41) is 0. The second-order valence-corrected chi connectivity index (χ2v) is 10.3. The van der Waals surface area contributed by atoms with E-state index in [1.54, 1.807) is 0 Å². The van der Waals surface area contributed by atoms with Gasteiger partial charge in [0.1, 0.15) is 24.6 Å². The molecule has 6 rings (SSSR count). The number of hydroxylamine groups is 1. The molecule has 0 aromatic heterocycles. The third kappa shape index (κ3) is 6.87. The van der Waals surface area contributed by atoms with Crippen molar-refractivity contribution in [2.75, 3.05) is 6.61 Å². The first kappa shape index (κ1) is 27.2. The molecule has 1 aliphatic carbocycles. The van der Waals surface area contributed by atoms with Gasteiger partial charge in [-0.25, -0.2) is 0 Å². The van der Waals surface area contributed by atoms with Crippen LogP contribution < -0.4 is 5.48 Å². The molecule has 210 valence electrons. The van der Waals surface area contributed by atoms with Gasteiger partial charge in [-0.1, -0.05) is 121 Å². The van der Waals surface area contributed by atoms with E-state index in [9.17, 15) is 0 Å². The maximum Gasteiger partial charge on any atom is 0.150 e. The van der Waals surface area contributed by atoms with Crippen molar-refractivity contribution in [2.45, 2.75) is 44.7 Å². The van der Waals surface area contributed by atoms with Crippen LogP contribution in [-0.2, 0) is 50.2 Å². The van der Waals surface area contributed by atoms with Crippen LogP contribution >= 0.6 is 0 Å². The van der Waals surface area contributed by atoms with Crippen molar-refractivity contribution in [3.8, 4) is 0 Å². The lowest BCUT2D eigenvalue weighted by Gasteiger charge is -2.41. The van der Waals surface area contributed by atoms with Crippen LogP contribution in [0.5, 0.6) is 0 Å². The van der Waals surface area contributed by atoms with Crippen LogP contribution in [0.15, 0.2) is 133 Å². The monoisotopic (exact) mass is 549 g/mol. The van der Waals surface area contributed by atoms with Crippen molar-refractivity contribution in [3.05, 3.63) is 155 Å². The van der Waals surface area contributed by atoms with Crippen molar-refractivity contribution in [3.63, 3.8) is 0 Å². The van der Waals surface area contributed by atoms with Gasteiger partial charge in [0.2, 0.25) is 0 Å². The van der Waals surface area contributed by atoms with Crippen LogP contribution in [0.25, 0.3) is 0 Å². The van der Waals surface area contributed by atoms with Gasteiger partial charge in [-0.15, -0.1) is 0 Å². The number of hydrogen-bond donors (Lipinski definition) is 1. The van der Waals surface area contributed by atoms with Crippen molar-refractivity contribution < 1.29 is 23.8 Å². The Balaban J connectivity index is 1.33. The van der Waals surface area contributed by atoms with Gasteiger partial charge in [0.25, 0.3) is 0 Å². The largest absolute Gasteiger partial charge is 0.488 e. The normalized spacial score (nSPS) is 21.8. The second kappa shape index (κ2) is 13.6. The predicted octanol–water partition coefficient (Wildman–Crippen LogP) is 6.34. The zero-order chi connectivity index (χ0) is 27.7. The highest BCUT2D eigenvalue weighted by Crippen LogP contribution is 2.39. The molecule has 0 unspecified atom stereocenters. The van der Waals surface area contributed by atoms with Gasteiger partial charge in [-0.05, 0) is 22.3 Å². The molecule has 1 aliphatic heterocycles. The quantitative estimate of drug-likeness (QED) is 0.223. The fraction of sp³-hybridized carbons (Fsp3) is 0.257. The summed E-state index contributed by atoms with van der Waals surface area (Å²) in [5.41, 5.74) is 8.31. The molecule has 1 fully saturated rings. The average molecular weight is 550 g/mol. The maximum atomic E-state index is 6.71. The molecule has 1 heterocycles. The van der Waals surface area contributed by atoms with Gasteiger partial charge < -0.3 is 18.9 Å². The molecular formula is C35H35NO5. The molecule has 41 heavy (non-hydrogen) atoms. The van der Waals surface area contributed by atoms with E-state index in [1.807, 2.05) is 72.8 Å². The van der Waals surface area contributed by atoms with Crippen LogP contribution in [0, 0.1) is 5.92 Å². The fourth-order valence-corrected chi connectivity index (χ4v) is 5.32. The first-order chi connectivity index (χ1) is 20.3. The molecule has 0 bridgehead atoms. The van der Waals surface area contributed by atoms with Crippen LogP contribution in [0.2, 0.25) is 0 Å². The summed E-state index contributed by atoms with van der Waals surface area (Å²) in [5.74, 6) is 0.603. The number of hydrogen-bond acceptors (Lipinski definition) is 6. The number of rotatable bonds is 12. The number of ether oxygens (including phenoxy) is 4. The fourth-order valence-electron chi connectivity index (χ4n) is 5.32. The minimum Gasteiger partial charge on any atom is -0.488 e. The minimum atomic E-state index is -0.524. The summed E-state index contributed by atoms with van der Waals surface area (Å²) in [4.78, 5) is 5.80. The highest BCUT2D eigenvalue weighted by atomic mass is 16.7. The van der Waals surface area contributed by atoms with E-state index in [2.05, 4.69) is 54.0 Å². The third-order valence-electron chi connectivity index (χ3n) is 7.44. The number of fused-ring (bicyclic) bond motifs is 1. The Kier molecular flexibility index (Phi) is 9.05. The predicted molar refractivity (Wildman–Crippen MR) is 156 cm³/mol. The van der Waals surface area contributed by atoms with E-state index >= 15 is 0 Å². The van der Waals surface area contributed by atoms with Crippen LogP contribution in [0.3, 0.4) is 0 Å². The molecule has 1 N–H and O–H groups in total. The Morgan fingerprint density at radius 2 is 0.976 bits per heavy atom. The standard InChI is InChI=1S/C35H35NO5/c1-5-13-26(14-6-1)21-37-32-30-25-41-36-31(30)33(38-22-27-15-7-2-8-16-27)35(40-24-29-19-11-4-12-20-29)34(32)39-23-28-17-9-3-10-18-28/h1-20,30,32,34-36H,21-25H2/t30-,32+,34-,35-/m1/s1. The molecule has 0 spiro atoms. The van der Waals surface area contributed by atoms with Crippen LogP contribution in [0.4, 0.5) is 0 Å². The van der Waals surface area contributed by atoms with E-state index in [0.717, 1.165) is 28.0 Å². The average Bonchev–Trinajstić information content (AvgIpc) is 3.53. The van der Waals surface area contributed by atoms with E-state index in [-0.39, 0.29) is 12.0 Å². The van der Waals surface area contributed by atoms with Crippen molar-refractivity contribution in [2.24, 2.45) is 5.92 Å². The molecule has 0 radical (unpaired) electrons. The Morgan fingerprint density at radius 3 is 1.49 bits per heavy atom. The van der Waals surface area contributed by atoms with Gasteiger partial charge in [-0.2, -0.15) is 0 Å². The zero-order valence-corrected chi connectivity index (χ0v) is 22.9. The van der Waals surface area contributed by atoms with E-state index in [1.165, 1.54) is 0 Å². The van der Waals surface area contributed by atoms with Gasteiger partial charge in [0.15, 0.2) is 0 Å². The Hall–Kier alpha value is -3.94. The molecule has 0 amide bonds. The van der Waals surface area contributed by atoms with E-state index in [4.69, 9.17) is 23.8 Å².